The van der Waals surface area contributed by atoms with Crippen molar-refractivity contribution in [3.8, 4) is 0 Å². The van der Waals surface area contributed by atoms with Crippen LogP contribution in [0.2, 0.25) is 0 Å². The number of nitrogens with one attached hydrogen (secondary N) is 1. The molecule has 0 aromatic heterocycles. The number of carbonyl (C=O) groups is 2. The number of alkyl carbamates (subject to hydrolysis) is 1. The highest BCUT2D eigenvalue weighted by Crippen LogP contribution is 2.02. The van der Waals surface area contributed by atoms with Gasteiger partial charge in [0, 0.05) is 0 Å². The summed E-state index contributed by atoms with van der Waals surface area (Å²) in [5.74, 6) is -0.500. The number of hydrogen-bond donors (Lipinski definition) is 1. The topological polar surface area (TPSA) is 64.6 Å². The van der Waals surface area contributed by atoms with Crippen LogP contribution in [0.3, 0.4) is 0 Å². The van der Waals surface area contributed by atoms with Gasteiger partial charge in [0.1, 0.15) is 12.6 Å². The van der Waals surface area contributed by atoms with E-state index < -0.39 is 18.1 Å². The van der Waals surface area contributed by atoms with E-state index in [2.05, 4.69) is 10.1 Å². The van der Waals surface area contributed by atoms with Crippen LogP contribution < -0.4 is 5.32 Å². The van der Waals surface area contributed by atoms with Gasteiger partial charge in [-0.1, -0.05) is 42.5 Å². The Balaban J connectivity index is 2.47. The Kier molecular flexibility index (Phi) is 6.89. The van der Waals surface area contributed by atoms with Crippen molar-refractivity contribution in [3.63, 3.8) is 0 Å². The number of benzene rings is 1. The van der Waals surface area contributed by atoms with Crippen LogP contribution in [-0.4, -0.2) is 25.2 Å². The van der Waals surface area contributed by atoms with Gasteiger partial charge in [-0.2, -0.15) is 0 Å². The van der Waals surface area contributed by atoms with Crippen LogP contribution in [0.15, 0.2) is 42.5 Å². The third-order valence-electron chi connectivity index (χ3n) is 2.60. The van der Waals surface area contributed by atoms with Crippen LogP contribution >= 0.6 is 0 Å². The Morgan fingerprint density at radius 1 is 1.30 bits per heavy atom. The maximum Gasteiger partial charge on any atom is 0.408 e. The molecule has 108 valence electrons. The largest absolute Gasteiger partial charge is 0.467 e. The Labute approximate surface area is 118 Å². The van der Waals surface area contributed by atoms with Crippen molar-refractivity contribution < 1.29 is 19.1 Å². The second kappa shape index (κ2) is 8.74. The zero-order valence-corrected chi connectivity index (χ0v) is 11.7. The van der Waals surface area contributed by atoms with Crippen LogP contribution in [0.1, 0.15) is 18.9 Å². The molecule has 1 atom stereocenters. The molecule has 0 aliphatic heterocycles. The summed E-state index contributed by atoms with van der Waals surface area (Å²) in [6.45, 7) is 1.99. The molecule has 1 N–H and O–H groups in total. The molecule has 0 aliphatic carbocycles. The molecule has 5 heteroatoms. The van der Waals surface area contributed by atoms with Gasteiger partial charge in [0.05, 0.1) is 7.11 Å². The normalized spacial score (nSPS) is 11.9. The predicted octanol–water partition coefficient (Wildman–Crippen LogP) is 2.42. The van der Waals surface area contributed by atoms with E-state index in [0.717, 1.165) is 5.56 Å². The number of allylic oxidation sites excluding steroid dienone is 1. The lowest BCUT2D eigenvalue weighted by Crippen LogP contribution is -2.41. The molecule has 20 heavy (non-hydrogen) atoms. The summed E-state index contributed by atoms with van der Waals surface area (Å²) in [5.41, 5.74) is 0.880. The van der Waals surface area contributed by atoms with Gasteiger partial charge in [0.15, 0.2) is 0 Å². The van der Waals surface area contributed by atoms with Gasteiger partial charge in [-0.25, -0.2) is 9.59 Å². The van der Waals surface area contributed by atoms with Crippen LogP contribution in [-0.2, 0) is 20.9 Å². The lowest BCUT2D eigenvalue weighted by molar-refractivity contribution is -0.142. The van der Waals surface area contributed by atoms with E-state index in [0.29, 0.717) is 6.42 Å². The van der Waals surface area contributed by atoms with E-state index in [-0.39, 0.29) is 6.61 Å². The molecule has 5 nitrogen and oxygen atoms in total. The third-order valence-corrected chi connectivity index (χ3v) is 2.60. The molecule has 0 bridgehead atoms. The van der Waals surface area contributed by atoms with Gasteiger partial charge in [0.2, 0.25) is 0 Å². The summed E-state index contributed by atoms with van der Waals surface area (Å²) >= 11 is 0. The highest BCUT2D eigenvalue weighted by Gasteiger charge is 2.20. The molecular weight excluding hydrogens is 258 g/mol. The van der Waals surface area contributed by atoms with Gasteiger partial charge in [-0.15, -0.1) is 0 Å². The van der Waals surface area contributed by atoms with Crippen molar-refractivity contribution in [3.05, 3.63) is 48.0 Å². The maximum absolute atomic E-state index is 11.6. The molecule has 1 aromatic carbocycles. The molecule has 0 saturated heterocycles. The maximum atomic E-state index is 11.6. The Bertz CT molecular complexity index is 456. The van der Waals surface area contributed by atoms with Crippen molar-refractivity contribution in [2.24, 2.45) is 0 Å². The zero-order valence-electron chi connectivity index (χ0n) is 11.7. The highest BCUT2D eigenvalue weighted by atomic mass is 16.6. The van der Waals surface area contributed by atoms with E-state index in [9.17, 15) is 9.59 Å². The number of methoxy groups -OCH3 is 1. The third kappa shape index (κ3) is 5.56. The fourth-order valence-corrected chi connectivity index (χ4v) is 1.54. The monoisotopic (exact) mass is 277 g/mol. The van der Waals surface area contributed by atoms with E-state index in [1.807, 2.05) is 37.3 Å². The number of ether oxygens (including phenoxy) is 2. The minimum absolute atomic E-state index is 0.157. The van der Waals surface area contributed by atoms with E-state index >= 15 is 0 Å². The van der Waals surface area contributed by atoms with Crippen molar-refractivity contribution in [1.82, 2.24) is 5.32 Å². The highest BCUT2D eigenvalue weighted by molar-refractivity contribution is 5.81. The SMILES string of the molecule is C/C=C/C[C@H](NC(=O)OCc1ccccc1)C(=O)OC. The van der Waals surface area contributed by atoms with Crippen LogP contribution in [0.25, 0.3) is 0 Å². The average Bonchev–Trinajstić information content (AvgIpc) is 2.49. The van der Waals surface area contributed by atoms with E-state index in [4.69, 9.17) is 4.74 Å². The first-order valence-corrected chi connectivity index (χ1v) is 6.33. The first kappa shape index (κ1) is 15.8. The lowest BCUT2D eigenvalue weighted by Gasteiger charge is -2.14. The van der Waals surface area contributed by atoms with Crippen LogP contribution in [0.5, 0.6) is 0 Å². The minimum atomic E-state index is -0.737. The molecule has 0 aliphatic rings. The summed E-state index contributed by atoms with van der Waals surface area (Å²) in [5, 5.41) is 2.49. The van der Waals surface area contributed by atoms with Gasteiger partial charge in [0.25, 0.3) is 0 Å². The first-order chi connectivity index (χ1) is 9.67. The second-order valence-corrected chi connectivity index (χ2v) is 4.09. The van der Waals surface area contributed by atoms with Crippen molar-refractivity contribution in [1.29, 1.82) is 0 Å². The van der Waals surface area contributed by atoms with Crippen molar-refractivity contribution >= 4 is 12.1 Å². The minimum Gasteiger partial charge on any atom is -0.467 e. The van der Waals surface area contributed by atoms with Crippen molar-refractivity contribution in [2.75, 3.05) is 7.11 Å². The smallest absolute Gasteiger partial charge is 0.408 e. The van der Waals surface area contributed by atoms with E-state index in [1.165, 1.54) is 7.11 Å². The fourth-order valence-electron chi connectivity index (χ4n) is 1.54. The molecule has 0 heterocycles. The molecule has 1 aromatic rings. The molecule has 0 saturated carbocycles. The summed E-state index contributed by atoms with van der Waals surface area (Å²) in [6, 6.07) is 8.57. The van der Waals surface area contributed by atoms with Crippen LogP contribution in [0.4, 0.5) is 4.79 Å². The summed E-state index contributed by atoms with van der Waals surface area (Å²) in [4.78, 5) is 23.1. The first-order valence-electron chi connectivity index (χ1n) is 6.33. The molecule has 0 spiro atoms. The number of hydrogen-bond acceptors (Lipinski definition) is 4. The molecule has 0 unspecified atom stereocenters. The van der Waals surface area contributed by atoms with Gasteiger partial charge in [-0.3, -0.25) is 0 Å². The Hall–Kier alpha value is -2.30. The standard InChI is InChI=1S/C15H19NO4/c1-3-4-10-13(14(17)19-2)16-15(18)20-11-12-8-6-5-7-9-12/h3-9,13H,10-11H2,1-2H3,(H,16,18)/b4-3+/t13-/m0/s1. The van der Waals surface area contributed by atoms with Crippen molar-refractivity contribution in [2.45, 2.75) is 26.0 Å². The summed E-state index contributed by atoms with van der Waals surface area (Å²) < 4.78 is 9.68. The fraction of sp³-hybridized carbons (Fsp3) is 0.333. The molecule has 1 rings (SSSR count). The summed E-state index contributed by atoms with van der Waals surface area (Å²) in [6.07, 6.45) is 3.30. The number of carbonyl (C=O) groups excluding carboxylic acids is 2. The van der Waals surface area contributed by atoms with Gasteiger partial charge < -0.3 is 14.8 Å². The molecule has 0 radical (unpaired) electrons. The van der Waals surface area contributed by atoms with Crippen LogP contribution in [0, 0.1) is 0 Å². The van der Waals surface area contributed by atoms with E-state index in [1.54, 1.807) is 12.2 Å². The Morgan fingerprint density at radius 3 is 2.60 bits per heavy atom. The number of amides is 1. The molecule has 0 fully saturated rings. The number of rotatable bonds is 6. The molecular formula is C15H19NO4. The average molecular weight is 277 g/mol. The Morgan fingerprint density at radius 2 is 2.00 bits per heavy atom. The molecule has 1 amide bonds. The number of esters is 1. The van der Waals surface area contributed by atoms with Gasteiger partial charge in [-0.05, 0) is 18.9 Å². The second-order valence-electron chi connectivity index (χ2n) is 4.09. The van der Waals surface area contributed by atoms with Gasteiger partial charge >= 0.3 is 12.1 Å². The summed E-state index contributed by atoms with van der Waals surface area (Å²) in [7, 11) is 1.28. The predicted molar refractivity (Wildman–Crippen MR) is 75.0 cm³/mol. The zero-order chi connectivity index (χ0) is 14.8. The quantitative estimate of drug-likeness (QED) is 0.640. The lowest BCUT2D eigenvalue weighted by atomic mass is 10.2.